The number of carbonyl (C=O) groups is 1. The average Bonchev–Trinajstić information content (AvgIpc) is 3.25. The van der Waals surface area contributed by atoms with Crippen LogP contribution in [0.3, 0.4) is 0 Å². The van der Waals surface area contributed by atoms with E-state index in [4.69, 9.17) is 4.52 Å². The fraction of sp³-hybridized carbons (Fsp3) is 0.591. The van der Waals surface area contributed by atoms with Gasteiger partial charge >= 0.3 is 0 Å². The van der Waals surface area contributed by atoms with Gasteiger partial charge in [-0.25, -0.2) is 0 Å². The molecule has 2 saturated heterocycles. The number of carbonyl (C=O) groups excluding carboxylic acids is 1. The number of aromatic nitrogens is 2. The highest BCUT2D eigenvalue weighted by molar-refractivity contribution is 5.94. The molecule has 0 saturated carbocycles. The van der Waals surface area contributed by atoms with Crippen LogP contribution >= 0.6 is 0 Å². The molecule has 0 radical (unpaired) electrons. The minimum atomic E-state index is 0.137. The van der Waals surface area contributed by atoms with Gasteiger partial charge in [-0.05, 0) is 55.8 Å². The lowest BCUT2D eigenvalue weighted by molar-refractivity contribution is 0.0704. The van der Waals surface area contributed by atoms with E-state index < -0.39 is 0 Å². The Hall–Kier alpha value is -2.21. The van der Waals surface area contributed by atoms with Crippen molar-refractivity contribution in [2.75, 3.05) is 26.2 Å². The van der Waals surface area contributed by atoms with Gasteiger partial charge in [0, 0.05) is 37.0 Å². The number of piperidine rings is 2. The minimum absolute atomic E-state index is 0.137. The molecule has 0 spiro atoms. The summed E-state index contributed by atoms with van der Waals surface area (Å²) >= 11 is 0. The van der Waals surface area contributed by atoms with Gasteiger partial charge < -0.3 is 14.7 Å². The van der Waals surface area contributed by atoms with E-state index in [2.05, 4.69) is 41.4 Å². The fourth-order valence-electron chi connectivity index (χ4n) is 4.22. The molecule has 1 aromatic carbocycles. The quantitative estimate of drug-likeness (QED) is 0.873. The topological polar surface area (TPSA) is 71.3 Å². The first kappa shape index (κ1) is 19.1. The summed E-state index contributed by atoms with van der Waals surface area (Å²) in [7, 11) is 0. The van der Waals surface area contributed by atoms with Crippen LogP contribution < -0.4 is 5.32 Å². The minimum Gasteiger partial charge on any atom is -0.339 e. The fourth-order valence-corrected chi connectivity index (χ4v) is 4.22. The van der Waals surface area contributed by atoms with E-state index in [1.54, 1.807) is 0 Å². The number of nitrogens with zero attached hydrogens (tertiary/aromatic N) is 3. The number of hydrogen-bond donors (Lipinski definition) is 1. The maximum absolute atomic E-state index is 13.0. The summed E-state index contributed by atoms with van der Waals surface area (Å²) in [5.41, 5.74) is 2.08. The molecule has 1 atom stereocenters. The van der Waals surface area contributed by atoms with Crippen molar-refractivity contribution < 1.29 is 9.32 Å². The summed E-state index contributed by atoms with van der Waals surface area (Å²) < 4.78 is 5.46. The first-order chi connectivity index (χ1) is 13.6. The van der Waals surface area contributed by atoms with Crippen molar-refractivity contribution in [1.29, 1.82) is 0 Å². The highest BCUT2D eigenvalue weighted by atomic mass is 16.5. The molecular weight excluding hydrogens is 352 g/mol. The summed E-state index contributed by atoms with van der Waals surface area (Å²) in [5, 5.41) is 7.53. The van der Waals surface area contributed by atoms with E-state index in [1.807, 2.05) is 17.0 Å². The van der Waals surface area contributed by atoms with E-state index in [1.165, 1.54) is 18.4 Å². The standard InChI is InChI=1S/C22H30N4O2/c1-15(2)20-24-21(28-25-20)16-8-11-26(12-9-16)22(27)18-6-3-5-17(13-18)19-7-4-10-23-14-19/h3,5-6,13,15-16,19,23H,4,7-12,14H2,1-2H3. The predicted molar refractivity (Wildman–Crippen MR) is 108 cm³/mol. The van der Waals surface area contributed by atoms with Gasteiger partial charge in [0.05, 0.1) is 0 Å². The van der Waals surface area contributed by atoms with Crippen LogP contribution in [0.5, 0.6) is 0 Å². The molecule has 2 fully saturated rings. The van der Waals surface area contributed by atoms with Gasteiger partial charge in [-0.1, -0.05) is 31.1 Å². The first-order valence-electron chi connectivity index (χ1n) is 10.5. The maximum atomic E-state index is 13.0. The zero-order valence-electron chi connectivity index (χ0n) is 16.9. The molecule has 6 heteroatoms. The van der Waals surface area contributed by atoms with Crippen molar-refractivity contribution in [3.8, 4) is 0 Å². The third-order valence-electron chi connectivity index (χ3n) is 6.01. The van der Waals surface area contributed by atoms with Crippen LogP contribution in [0.15, 0.2) is 28.8 Å². The monoisotopic (exact) mass is 382 g/mol. The summed E-state index contributed by atoms with van der Waals surface area (Å²) in [6, 6.07) is 8.22. The number of likely N-dealkylation sites (tertiary alicyclic amines) is 1. The van der Waals surface area contributed by atoms with Gasteiger partial charge in [-0.3, -0.25) is 4.79 Å². The Labute approximate surface area is 166 Å². The van der Waals surface area contributed by atoms with Gasteiger partial charge in [-0.2, -0.15) is 4.98 Å². The van der Waals surface area contributed by atoms with Crippen molar-refractivity contribution >= 4 is 5.91 Å². The molecule has 28 heavy (non-hydrogen) atoms. The second-order valence-corrected chi connectivity index (χ2v) is 8.38. The van der Waals surface area contributed by atoms with Crippen molar-refractivity contribution in [3.05, 3.63) is 47.1 Å². The lowest BCUT2D eigenvalue weighted by Gasteiger charge is -2.31. The maximum Gasteiger partial charge on any atom is 0.253 e. The molecule has 1 aromatic heterocycles. The molecule has 0 aliphatic carbocycles. The molecule has 1 unspecified atom stereocenters. The number of amides is 1. The first-order valence-corrected chi connectivity index (χ1v) is 10.5. The Bertz CT molecular complexity index is 802. The lowest BCUT2D eigenvalue weighted by atomic mass is 9.90. The highest BCUT2D eigenvalue weighted by Gasteiger charge is 2.28. The van der Waals surface area contributed by atoms with E-state index in [0.29, 0.717) is 5.92 Å². The largest absolute Gasteiger partial charge is 0.339 e. The average molecular weight is 383 g/mol. The van der Waals surface area contributed by atoms with Crippen LogP contribution in [0.2, 0.25) is 0 Å². The van der Waals surface area contributed by atoms with E-state index in [-0.39, 0.29) is 17.7 Å². The molecule has 2 aliphatic heterocycles. The van der Waals surface area contributed by atoms with Crippen LogP contribution in [0.25, 0.3) is 0 Å². The van der Waals surface area contributed by atoms with Crippen LogP contribution in [0.4, 0.5) is 0 Å². The zero-order valence-corrected chi connectivity index (χ0v) is 16.9. The summed E-state index contributed by atoms with van der Waals surface area (Å²) in [6.45, 7) is 7.70. The van der Waals surface area contributed by atoms with Crippen molar-refractivity contribution in [2.24, 2.45) is 0 Å². The molecule has 0 bridgehead atoms. The molecule has 3 heterocycles. The van der Waals surface area contributed by atoms with Crippen LogP contribution in [0, 0.1) is 0 Å². The van der Waals surface area contributed by atoms with E-state index >= 15 is 0 Å². The van der Waals surface area contributed by atoms with Gasteiger partial charge in [0.15, 0.2) is 5.82 Å². The predicted octanol–water partition coefficient (Wildman–Crippen LogP) is 3.68. The SMILES string of the molecule is CC(C)c1noc(C2CCN(C(=O)c3cccc(C4CCCNC4)c3)CC2)n1. The number of benzene rings is 1. The molecule has 1 amide bonds. The molecule has 2 aliphatic rings. The van der Waals surface area contributed by atoms with E-state index in [9.17, 15) is 4.79 Å². The lowest BCUT2D eigenvalue weighted by Crippen LogP contribution is -2.38. The molecule has 1 N–H and O–H groups in total. The van der Waals surface area contributed by atoms with E-state index in [0.717, 1.165) is 56.3 Å². The molecule has 150 valence electrons. The molecule has 2 aromatic rings. The Morgan fingerprint density at radius 1 is 1.21 bits per heavy atom. The molecular formula is C22H30N4O2. The van der Waals surface area contributed by atoms with Crippen molar-refractivity contribution in [3.63, 3.8) is 0 Å². The van der Waals surface area contributed by atoms with Crippen LogP contribution in [-0.2, 0) is 0 Å². The second-order valence-electron chi connectivity index (χ2n) is 8.38. The molecule has 6 nitrogen and oxygen atoms in total. The molecule has 4 rings (SSSR count). The Kier molecular flexibility index (Phi) is 5.76. The van der Waals surface area contributed by atoms with Gasteiger partial charge in [-0.15, -0.1) is 0 Å². The number of rotatable bonds is 4. The smallest absolute Gasteiger partial charge is 0.253 e. The van der Waals surface area contributed by atoms with Crippen molar-refractivity contribution in [2.45, 2.75) is 57.3 Å². The summed E-state index contributed by atoms with van der Waals surface area (Å²) in [6.07, 6.45) is 4.14. The third-order valence-corrected chi connectivity index (χ3v) is 6.01. The number of hydrogen-bond acceptors (Lipinski definition) is 5. The normalized spacial score (nSPS) is 21.2. The Morgan fingerprint density at radius 3 is 2.71 bits per heavy atom. The second kappa shape index (κ2) is 8.43. The van der Waals surface area contributed by atoms with Gasteiger partial charge in [0.1, 0.15) is 0 Å². The van der Waals surface area contributed by atoms with Gasteiger partial charge in [0.25, 0.3) is 5.91 Å². The number of nitrogens with one attached hydrogen (secondary N) is 1. The highest BCUT2D eigenvalue weighted by Crippen LogP contribution is 2.29. The van der Waals surface area contributed by atoms with Crippen LogP contribution in [0.1, 0.15) is 84.9 Å². The van der Waals surface area contributed by atoms with Gasteiger partial charge in [0.2, 0.25) is 5.89 Å². The summed E-state index contributed by atoms with van der Waals surface area (Å²) in [5.74, 6) is 2.66. The Balaban J connectivity index is 1.38. The third kappa shape index (κ3) is 4.12. The zero-order chi connectivity index (χ0) is 19.5. The van der Waals surface area contributed by atoms with Crippen LogP contribution in [-0.4, -0.2) is 47.1 Å². The summed E-state index contributed by atoms with van der Waals surface area (Å²) in [4.78, 5) is 19.5. The van der Waals surface area contributed by atoms with Crippen molar-refractivity contribution in [1.82, 2.24) is 20.4 Å². The Morgan fingerprint density at radius 2 is 2.04 bits per heavy atom.